The molecule has 1 aromatic heterocycles. The van der Waals surface area contributed by atoms with Crippen LogP contribution in [0.5, 0.6) is 17.2 Å². The molecule has 3 aromatic rings. The van der Waals surface area contributed by atoms with E-state index >= 15 is 0 Å². The summed E-state index contributed by atoms with van der Waals surface area (Å²) in [5.74, 6) is 2.03. The van der Waals surface area contributed by atoms with E-state index in [4.69, 9.17) is 23.4 Å². The lowest BCUT2D eigenvalue weighted by Crippen LogP contribution is -2.23. The van der Waals surface area contributed by atoms with Crippen LogP contribution in [-0.4, -0.2) is 38.9 Å². The van der Waals surface area contributed by atoms with Crippen LogP contribution in [0.15, 0.2) is 70.9 Å². The number of nitrogens with one attached hydrogen (secondary N) is 1. The minimum Gasteiger partial charge on any atom is -0.491 e. The highest BCUT2D eigenvalue weighted by molar-refractivity contribution is 6.01. The average molecular weight is 491 g/mol. The number of ether oxygens (including phenoxy) is 4. The predicted molar refractivity (Wildman–Crippen MR) is 135 cm³/mol. The van der Waals surface area contributed by atoms with Gasteiger partial charge in [0.05, 0.1) is 32.6 Å². The van der Waals surface area contributed by atoms with E-state index in [1.54, 1.807) is 30.3 Å². The van der Waals surface area contributed by atoms with Crippen LogP contribution in [0.1, 0.15) is 23.8 Å². The Morgan fingerprint density at radius 2 is 1.75 bits per heavy atom. The number of para-hydroxylation sites is 1. The van der Waals surface area contributed by atoms with Crippen LogP contribution in [0, 0.1) is 18.3 Å². The van der Waals surface area contributed by atoms with Gasteiger partial charge in [-0.3, -0.25) is 4.79 Å². The summed E-state index contributed by atoms with van der Waals surface area (Å²) in [6.07, 6.45) is 3.02. The Labute approximate surface area is 211 Å². The number of aryl methyl sites for hydroxylation is 1. The Balaban J connectivity index is 1.49. The molecule has 1 amide bonds. The molecule has 0 spiro atoms. The molecule has 188 valence electrons. The summed E-state index contributed by atoms with van der Waals surface area (Å²) in [6, 6.07) is 18.5. The molecule has 0 aliphatic heterocycles. The standard InChI is InChI=1S/C28H30N2O6/c1-3-33-27-18-22(17-23(19-29)28(31)30-20-24-8-6-12-34-24)10-11-26(27)36-16-14-32-13-15-35-25-9-5-4-7-21(25)2/h4-12,17-18H,3,13-16,20H2,1-2H3,(H,30,31). The van der Waals surface area contributed by atoms with E-state index in [0.29, 0.717) is 55.9 Å². The summed E-state index contributed by atoms with van der Waals surface area (Å²) >= 11 is 0. The number of carbonyl (C=O) groups excluding carboxylic acids is 1. The Hall–Kier alpha value is -4.22. The van der Waals surface area contributed by atoms with Gasteiger partial charge in [0.2, 0.25) is 0 Å². The fourth-order valence-corrected chi connectivity index (χ4v) is 3.23. The Bertz CT molecular complexity index is 1180. The maximum atomic E-state index is 12.4. The third-order valence-electron chi connectivity index (χ3n) is 5.01. The molecule has 1 N–H and O–H groups in total. The monoisotopic (exact) mass is 490 g/mol. The summed E-state index contributed by atoms with van der Waals surface area (Å²) in [5.41, 5.74) is 1.69. The highest BCUT2D eigenvalue weighted by Crippen LogP contribution is 2.29. The van der Waals surface area contributed by atoms with Gasteiger partial charge in [-0.15, -0.1) is 0 Å². The van der Waals surface area contributed by atoms with Crippen molar-refractivity contribution >= 4 is 12.0 Å². The second-order valence-corrected chi connectivity index (χ2v) is 7.65. The predicted octanol–water partition coefficient (Wildman–Crippen LogP) is 4.68. The van der Waals surface area contributed by atoms with Crippen LogP contribution in [0.4, 0.5) is 0 Å². The lowest BCUT2D eigenvalue weighted by molar-refractivity contribution is -0.117. The lowest BCUT2D eigenvalue weighted by Gasteiger charge is -2.13. The molecule has 0 aliphatic rings. The Morgan fingerprint density at radius 3 is 2.44 bits per heavy atom. The van der Waals surface area contributed by atoms with Crippen LogP contribution < -0.4 is 19.5 Å². The first-order valence-corrected chi connectivity index (χ1v) is 11.7. The van der Waals surface area contributed by atoms with Crippen LogP contribution in [0.2, 0.25) is 0 Å². The van der Waals surface area contributed by atoms with Gasteiger partial charge < -0.3 is 28.7 Å². The first-order valence-electron chi connectivity index (χ1n) is 11.7. The van der Waals surface area contributed by atoms with E-state index in [9.17, 15) is 10.1 Å². The van der Waals surface area contributed by atoms with Crippen LogP contribution in [0.3, 0.4) is 0 Å². The van der Waals surface area contributed by atoms with Crippen LogP contribution in [0.25, 0.3) is 6.08 Å². The largest absolute Gasteiger partial charge is 0.491 e. The minimum atomic E-state index is -0.490. The van der Waals surface area contributed by atoms with E-state index in [0.717, 1.165) is 11.3 Å². The van der Waals surface area contributed by atoms with Gasteiger partial charge in [-0.1, -0.05) is 24.3 Å². The van der Waals surface area contributed by atoms with Crippen molar-refractivity contribution in [1.29, 1.82) is 5.26 Å². The number of benzene rings is 2. The maximum absolute atomic E-state index is 12.4. The smallest absolute Gasteiger partial charge is 0.262 e. The first kappa shape index (κ1) is 26.4. The normalized spacial score (nSPS) is 11.0. The number of nitrogens with zero attached hydrogens (tertiary/aromatic N) is 1. The third kappa shape index (κ3) is 8.22. The Kier molecular flexibility index (Phi) is 10.4. The van der Waals surface area contributed by atoms with Gasteiger partial charge in [-0.2, -0.15) is 5.26 Å². The summed E-state index contributed by atoms with van der Waals surface area (Å²) in [4.78, 5) is 12.4. The van der Waals surface area contributed by atoms with Crippen LogP contribution in [-0.2, 0) is 16.1 Å². The van der Waals surface area contributed by atoms with E-state index in [1.165, 1.54) is 12.3 Å². The van der Waals surface area contributed by atoms with E-state index in [1.807, 2.05) is 44.2 Å². The molecule has 1 heterocycles. The Morgan fingerprint density at radius 1 is 0.972 bits per heavy atom. The number of nitriles is 1. The van der Waals surface area contributed by atoms with Gasteiger partial charge in [0, 0.05) is 0 Å². The summed E-state index contributed by atoms with van der Waals surface area (Å²) in [7, 11) is 0. The van der Waals surface area contributed by atoms with Crippen molar-refractivity contribution in [1.82, 2.24) is 5.32 Å². The number of amides is 1. The third-order valence-corrected chi connectivity index (χ3v) is 5.01. The molecular formula is C28H30N2O6. The van der Waals surface area contributed by atoms with Gasteiger partial charge in [0.25, 0.3) is 5.91 Å². The van der Waals surface area contributed by atoms with Crippen molar-refractivity contribution in [2.45, 2.75) is 20.4 Å². The molecule has 0 atom stereocenters. The van der Waals surface area contributed by atoms with Crippen molar-refractivity contribution in [3.8, 4) is 23.3 Å². The van der Waals surface area contributed by atoms with Crippen molar-refractivity contribution in [3.63, 3.8) is 0 Å². The van der Waals surface area contributed by atoms with Crippen LogP contribution >= 0.6 is 0 Å². The molecule has 8 nitrogen and oxygen atoms in total. The molecule has 0 bridgehead atoms. The number of rotatable bonds is 14. The van der Waals surface area contributed by atoms with Crippen molar-refractivity contribution in [3.05, 3.63) is 83.3 Å². The van der Waals surface area contributed by atoms with E-state index < -0.39 is 5.91 Å². The minimum absolute atomic E-state index is 0.0287. The quantitative estimate of drug-likeness (QED) is 0.199. The molecule has 0 radical (unpaired) electrons. The zero-order valence-electron chi connectivity index (χ0n) is 20.5. The molecule has 0 saturated carbocycles. The topological polar surface area (TPSA) is 103 Å². The second kappa shape index (κ2) is 14.2. The summed E-state index contributed by atoms with van der Waals surface area (Å²) in [5, 5.41) is 12.1. The molecule has 3 rings (SSSR count). The fraction of sp³-hybridized carbons (Fsp3) is 0.286. The molecule has 0 aliphatic carbocycles. The molecule has 36 heavy (non-hydrogen) atoms. The van der Waals surface area contributed by atoms with Gasteiger partial charge in [-0.05, 0) is 61.4 Å². The lowest BCUT2D eigenvalue weighted by atomic mass is 10.1. The number of hydrogen-bond acceptors (Lipinski definition) is 7. The SMILES string of the molecule is CCOc1cc(C=C(C#N)C(=O)NCc2ccco2)ccc1OCCOCCOc1ccccc1C. The van der Waals surface area contributed by atoms with Crippen molar-refractivity contribution < 1.29 is 28.2 Å². The van der Waals surface area contributed by atoms with E-state index in [2.05, 4.69) is 5.32 Å². The zero-order chi connectivity index (χ0) is 25.6. The molecule has 8 heteroatoms. The van der Waals surface area contributed by atoms with Crippen molar-refractivity contribution in [2.24, 2.45) is 0 Å². The molecule has 2 aromatic carbocycles. The highest BCUT2D eigenvalue weighted by atomic mass is 16.6. The van der Waals surface area contributed by atoms with E-state index in [-0.39, 0.29) is 12.1 Å². The molecule has 0 unspecified atom stereocenters. The zero-order valence-corrected chi connectivity index (χ0v) is 20.5. The van der Waals surface area contributed by atoms with Gasteiger partial charge >= 0.3 is 0 Å². The maximum Gasteiger partial charge on any atom is 0.262 e. The molecular weight excluding hydrogens is 460 g/mol. The van der Waals surface area contributed by atoms with Crippen molar-refractivity contribution in [2.75, 3.05) is 33.0 Å². The summed E-state index contributed by atoms with van der Waals surface area (Å²) < 4.78 is 28.0. The summed E-state index contributed by atoms with van der Waals surface area (Å²) in [6.45, 7) is 6.11. The first-order chi connectivity index (χ1) is 17.6. The number of hydrogen-bond donors (Lipinski definition) is 1. The second-order valence-electron chi connectivity index (χ2n) is 7.65. The van der Waals surface area contributed by atoms with Gasteiger partial charge in [0.15, 0.2) is 11.5 Å². The number of furan rings is 1. The molecule has 0 fully saturated rings. The number of carbonyl (C=O) groups is 1. The molecule has 0 saturated heterocycles. The highest BCUT2D eigenvalue weighted by Gasteiger charge is 2.12. The van der Waals surface area contributed by atoms with Gasteiger partial charge in [0.1, 0.15) is 36.4 Å². The fourth-order valence-electron chi connectivity index (χ4n) is 3.23. The average Bonchev–Trinajstić information content (AvgIpc) is 3.41. The van der Waals surface area contributed by atoms with Gasteiger partial charge in [-0.25, -0.2) is 0 Å².